The van der Waals surface area contributed by atoms with Crippen molar-refractivity contribution < 1.29 is 0 Å². The molecule has 0 amide bonds. The summed E-state index contributed by atoms with van der Waals surface area (Å²) in [7, 11) is 2.16. The summed E-state index contributed by atoms with van der Waals surface area (Å²) in [4.78, 5) is 2.35. The van der Waals surface area contributed by atoms with Gasteiger partial charge in [0, 0.05) is 11.8 Å². The van der Waals surface area contributed by atoms with Gasteiger partial charge in [0.1, 0.15) is 0 Å². The SMILES string of the molecule is CN(CCCCCl)CCCCCl. The van der Waals surface area contributed by atoms with E-state index in [1.807, 2.05) is 0 Å². The van der Waals surface area contributed by atoms with Gasteiger partial charge in [-0.1, -0.05) is 0 Å². The average molecular weight is 212 g/mol. The Morgan fingerprint density at radius 1 is 0.833 bits per heavy atom. The molecule has 0 unspecified atom stereocenters. The van der Waals surface area contributed by atoms with Crippen LogP contribution in [0, 0.1) is 0 Å². The molecule has 0 saturated heterocycles. The van der Waals surface area contributed by atoms with Crippen LogP contribution in [0.3, 0.4) is 0 Å². The third-order valence-electron chi connectivity index (χ3n) is 1.85. The number of unbranched alkanes of at least 4 members (excludes halogenated alkanes) is 2. The van der Waals surface area contributed by atoms with Crippen molar-refractivity contribution in [1.82, 2.24) is 4.90 Å². The third kappa shape index (κ3) is 8.63. The van der Waals surface area contributed by atoms with Gasteiger partial charge in [-0.15, -0.1) is 23.2 Å². The van der Waals surface area contributed by atoms with Crippen LogP contribution in [0.1, 0.15) is 25.7 Å². The summed E-state index contributed by atoms with van der Waals surface area (Å²) in [6, 6.07) is 0. The lowest BCUT2D eigenvalue weighted by Gasteiger charge is -2.15. The van der Waals surface area contributed by atoms with Crippen molar-refractivity contribution in [3.8, 4) is 0 Å². The molecule has 0 aromatic heterocycles. The second-order valence-corrected chi connectivity index (χ2v) is 3.85. The van der Waals surface area contributed by atoms with E-state index in [9.17, 15) is 0 Å². The zero-order chi connectivity index (χ0) is 9.23. The first-order valence-corrected chi connectivity index (χ1v) is 5.68. The number of nitrogens with zero attached hydrogens (tertiary/aromatic N) is 1. The molecule has 0 aromatic carbocycles. The second-order valence-electron chi connectivity index (χ2n) is 3.10. The van der Waals surface area contributed by atoms with Crippen molar-refractivity contribution in [1.29, 1.82) is 0 Å². The van der Waals surface area contributed by atoms with Crippen LogP contribution in [0.25, 0.3) is 0 Å². The first-order chi connectivity index (χ1) is 5.81. The fraction of sp³-hybridized carbons (Fsp3) is 1.00. The highest BCUT2D eigenvalue weighted by Crippen LogP contribution is 1.98. The Morgan fingerprint density at radius 2 is 1.25 bits per heavy atom. The number of hydrogen-bond acceptors (Lipinski definition) is 1. The quantitative estimate of drug-likeness (QED) is 0.441. The van der Waals surface area contributed by atoms with E-state index >= 15 is 0 Å². The molecule has 74 valence electrons. The van der Waals surface area contributed by atoms with Crippen LogP contribution in [0.2, 0.25) is 0 Å². The second kappa shape index (κ2) is 9.63. The van der Waals surface area contributed by atoms with Crippen molar-refractivity contribution >= 4 is 23.2 Å². The minimum absolute atomic E-state index is 0.787. The monoisotopic (exact) mass is 211 g/mol. The lowest BCUT2D eigenvalue weighted by atomic mass is 10.3. The number of alkyl halides is 2. The summed E-state index contributed by atoms with van der Waals surface area (Å²) >= 11 is 11.2. The molecule has 1 nitrogen and oxygen atoms in total. The van der Waals surface area contributed by atoms with Crippen molar-refractivity contribution in [2.45, 2.75) is 25.7 Å². The highest BCUT2D eigenvalue weighted by atomic mass is 35.5. The molecule has 3 heteroatoms. The van der Waals surface area contributed by atoms with Gasteiger partial charge in [0.25, 0.3) is 0 Å². The molecule has 0 aromatic rings. The molecule has 0 N–H and O–H groups in total. The number of halogens is 2. The van der Waals surface area contributed by atoms with Gasteiger partial charge in [0.2, 0.25) is 0 Å². The molecule has 0 atom stereocenters. The van der Waals surface area contributed by atoms with E-state index in [0.717, 1.165) is 37.7 Å². The van der Waals surface area contributed by atoms with Gasteiger partial charge in [-0.2, -0.15) is 0 Å². The van der Waals surface area contributed by atoms with Gasteiger partial charge in [-0.25, -0.2) is 0 Å². The Morgan fingerprint density at radius 3 is 1.58 bits per heavy atom. The molecular weight excluding hydrogens is 193 g/mol. The smallest absolute Gasteiger partial charge is 0.0223 e. The molecule has 0 rings (SSSR count). The summed E-state index contributed by atoms with van der Waals surface area (Å²) in [5, 5.41) is 0. The molecule has 0 radical (unpaired) electrons. The Bertz CT molecular complexity index is 78.6. The van der Waals surface area contributed by atoms with Gasteiger partial charge in [0.05, 0.1) is 0 Å². The topological polar surface area (TPSA) is 3.24 Å². The largest absolute Gasteiger partial charge is 0.306 e. The molecule has 0 spiro atoms. The first kappa shape index (κ1) is 12.5. The van der Waals surface area contributed by atoms with E-state index in [1.54, 1.807) is 0 Å². The number of hydrogen-bond donors (Lipinski definition) is 0. The fourth-order valence-corrected chi connectivity index (χ4v) is 1.44. The first-order valence-electron chi connectivity index (χ1n) is 4.61. The van der Waals surface area contributed by atoms with Crippen LogP contribution in [0.4, 0.5) is 0 Å². The van der Waals surface area contributed by atoms with Crippen LogP contribution in [-0.4, -0.2) is 36.8 Å². The highest BCUT2D eigenvalue weighted by Gasteiger charge is 1.96. The minimum Gasteiger partial charge on any atom is -0.306 e. The maximum absolute atomic E-state index is 5.58. The van der Waals surface area contributed by atoms with E-state index < -0.39 is 0 Å². The molecule has 0 aliphatic rings. The van der Waals surface area contributed by atoms with E-state index in [4.69, 9.17) is 23.2 Å². The zero-order valence-corrected chi connectivity index (χ0v) is 9.37. The summed E-state index contributed by atoms with van der Waals surface area (Å²) in [5.74, 6) is 1.57. The molecule has 0 bridgehead atoms. The van der Waals surface area contributed by atoms with Crippen LogP contribution in [-0.2, 0) is 0 Å². The average Bonchev–Trinajstić information content (AvgIpc) is 2.06. The minimum atomic E-state index is 0.787. The molecule has 0 heterocycles. The predicted octanol–water partition coefficient (Wildman–Crippen LogP) is 2.96. The van der Waals surface area contributed by atoms with Crippen molar-refractivity contribution in [2.75, 3.05) is 31.9 Å². The van der Waals surface area contributed by atoms with Crippen LogP contribution >= 0.6 is 23.2 Å². The van der Waals surface area contributed by atoms with E-state index in [1.165, 1.54) is 12.8 Å². The summed E-state index contributed by atoms with van der Waals surface area (Å²) < 4.78 is 0. The lowest BCUT2D eigenvalue weighted by molar-refractivity contribution is 0.323. The van der Waals surface area contributed by atoms with Crippen LogP contribution in [0.5, 0.6) is 0 Å². The Kier molecular flexibility index (Phi) is 10.1. The van der Waals surface area contributed by atoms with E-state index in [-0.39, 0.29) is 0 Å². The molecule has 0 aliphatic heterocycles. The Hall–Kier alpha value is 0.540. The normalized spacial score (nSPS) is 11.0. The van der Waals surface area contributed by atoms with Gasteiger partial charge in [-0.05, 0) is 45.8 Å². The zero-order valence-electron chi connectivity index (χ0n) is 7.86. The summed E-state index contributed by atoms with van der Waals surface area (Å²) in [6.07, 6.45) is 4.67. The fourth-order valence-electron chi connectivity index (χ4n) is 1.06. The summed E-state index contributed by atoms with van der Waals surface area (Å²) in [6.45, 7) is 2.32. The van der Waals surface area contributed by atoms with Crippen molar-refractivity contribution in [3.05, 3.63) is 0 Å². The van der Waals surface area contributed by atoms with Crippen LogP contribution < -0.4 is 0 Å². The molecule has 12 heavy (non-hydrogen) atoms. The molecular formula is C9H19Cl2N. The van der Waals surface area contributed by atoms with E-state index in [0.29, 0.717) is 0 Å². The lowest BCUT2D eigenvalue weighted by Crippen LogP contribution is -2.21. The standard InChI is InChI=1S/C9H19Cl2N/c1-12(8-4-2-6-10)9-5-3-7-11/h2-9H2,1H3. The Labute approximate surface area is 86.0 Å². The maximum Gasteiger partial charge on any atom is 0.0223 e. The van der Waals surface area contributed by atoms with Crippen LogP contribution in [0.15, 0.2) is 0 Å². The maximum atomic E-state index is 5.58. The molecule has 0 fully saturated rings. The van der Waals surface area contributed by atoms with Gasteiger partial charge in [0.15, 0.2) is 0 Å². The van der Waals surface area contributed by atoms with Crippen molar-refractivity contribution in [3.63, 3.8) is 0 Å². The van der Waals surface area contributed by atoms with E-state index in [2.05, 4.69) is 11.9 Å². The molecule has 0 saturated carbocycles. The molecule has 0 aliphatic carbocycles. The predicted molar refractivity (Wildman–Crippen MR) is 57.4 cm³/mol. The Balaban J connectivity index is 3.04. The van der Waals surface area contributed by atoms with Crippen molar-refractivity contribution in [2.24, 2.45) is 0 Å². The van der Waals surface area contributed by atoms with Gasteiger partial charge in [-0.3, -0.25) is 0 Å². The number of rotatable bonds is 8. The summed E-state index contributed by atoms with van der Waals surface area (Å²) in [5.41, 5.74) is 0. The van der Waals surface area contributed by atoms with Gasteiger partial charge < -0.3 is 4.90 Å². The highest BCUT2D eigenvalue weighted by molar-refractivity contribution is 6.18. The van der Waals surface area contributed by atoms with Gasteiger partial charge >= 0.3 is 0 Å². The third-order valence-corrected chi connectivity index (χ3v) is 2.38.